The van der Waals surface area contributed by atoms with Crippen molar-refractivity contribution in [3.8, 4) is 11.3 Å². The van der Waals surface area contributed by atoms with E-state index < -0.39 is 0 Å². The molecule has 0 bridgehead atoms. The summed E-state index contributed by atoms with van der Waals surface area (Å²) in [6, 6.07) is 16.3. The molecular weight excluding hydrogens is 236 g/mol. The number of nitrogens with one attached hydrogen (secondary N) is 1. The van der Waals surface area contributed by atoms with Crippen molar-refractivity contribution < 1.29 is 4.42 Å². The zero-order chi connectivity index (χ0) is 12.8. The highest BCUT2D eigenvalue weighted by Crippen LogP contribution is 2.34. The fourth-order valence-electron chi connectivity index (χ4n) is 2.50. The average Bonchev–Trinajstić information content (AvgIpc) is 3.02. The van der Waals surface area contributed by atoms with Crippen molar-refractivity contribution in [2.24, 2.45) is 0 Å². The van der Waals surface area contributed by atoms with Gasteiger partial charge in [0, 0.05) is 22.0 Å². The van der Waals surface area contributed by atoms with Crippen molar-refractivity contribution in [1.29, 1.82) is 0 Å². The molecule has 2 aromatic heterocycles. The predicted octanol–water partition coefficient (Wildman–Crippen LogP) is 4.28. The number of rotatable bonds is 1. The fraction of sp³-hybridized carbons (Fsp3) is 0.0625. The Hall–Kier alpha value is -2.55. The summed E-state index contributed by atoms with van der Waals surface area (Å²) in [5.74, 6) is 0. The minimum absolute atomic E-state index is 0.898. The minimum Gasteiger partial charge on any atom is -0.455 e. The van der Waals surface area contributed by atoms with Crippen LogP contribution in [0.25, 0.3) is 33.2 Å². The zero-order valence-corrected chi connectivity index (χ0v) is 10.5. The van der Waals surface area contributed by atoms with Gasteiger partial charge in [-0.25, -0.2) is 0 Å². The van der Waals surface area contributed by atoms with Crippen molar-refractivity contribution in [1.82, 2.24) is 10.2 Å². The van der Waals surface area contributed by atoms with Gasteiger partial charge in [0.15, 0.2) is 0 Å². The second-order valence-corrected chi connectivity index (χ2v) is 4.72. The van der Waals surface area contributed by atoms with Crippen molar-refractivity contribution in [3.63, 3.8) is 0 Å². The number of benzene rings is 2. The summed E-state index contributed by atoms with van der Waals surface area (Å²) >= 11 is 0. The van der Waals surface area contributed by atoms with Gasteiger partial charge >= 0.3 is 0 Å². The lowest BCUT2D eigenvalue weighted by Gasteiger charge is -1.97. The van der Waals surface area contributed by atoms with Crippen LogP contribution in [0.4, 0.5) is 0 Å². The lowest BCUT2D eigenvalue weighted by atomic mass is 10.1. The third-order valence-electron chi connectivity index (χ3n) is 3.39. The van der Waals surface area contributed by atoms with Gasteiger partial charge in [-0.1, -0.05) is 30.3 Å². The molecule has 0 fully saturated rings. The molecule has 2 aromatic carbocycles. The normalized spacial score (nSPS) is 11.4. The van der Waals surface area contributed by atoms with E-state index in [1.807, 2.05) is 43.3 Å². The van der Waals surface area contributed by atoms with Crippen molar-refractivity contribution in [2.45, 2.75) is 6.92 Å². The largest absolute Gasteiger partial charge is 0.455 e. The summed E-state index contributed by atoms with van der Waals surface area (Å²) < 4.78 is 5.99. The summed E-state index contributed by atoms with van der Waals surface area (Å²) in [5.41, 5.74) is 4.80. The SMILES string of the molecule is Cc1cc(-c2cccc3c2oc2ccccc23)n[nH]1. The summed E-state index contributed by atoms with van der Waals surface area (Å²) in [6.07, 6.45) is 0. The molecule has 3 heteroatoms. The Morgan fingerprint density at radius 3 is 2.68 bits per heavy atom. The molecule has 92 valence electrons. The molecule has 0 aliphatic heterocycles. The summed E-state index contributed by atoms with van der Waals surface area (Å²) in [7, 11) is 0. The highest BCUT2D eigenvalue weighted by molar-refractivity contribution is 6.09. The molecule has 0 unspecified atom stereocenters. The fourth-order valence-corrected chi connectivity index (χ4v) is 2.50. The first-order chi connectivity index (χ1) is 9.33. The second kappa shape index (κ2) is 3.72. The molecule has 3 nitrogen and oxygen atoms in total. The van der Waals surface area contributed by atoms with Gasteiger partial charge in [0.2, 0.25) is 0 Å². The van der Waals surface area contributed by atoms with Gasteiger partial charge in [-0.2, -0.15) is 5.10 Å². The summed E-state index contributed by atoms with van der Waals surface area (Å²) in [5, 5.41) is 9.57. The van der Waals surface area contributed by atoms with E-state index in [1.165, 1.54) is 0 Å². The third kappa shape index (κ3) is 1.48. The van der Waals surface area contributed by atoms with Crippen LogP contribution in [0.1, 0.15) is 5.69 Å². The summed E-state index contributed by atoms with van der Waals surface area (Å²) in [6.45, 7) is 2.00. The van der Waals surface area contributed by atoms with Crippen LogP contribution in [0, 0.1) is 6.92 Å². The molecule has 0 atom stereocenters. The number of aromatic amines is 1. The Morgan fingerprint density at radius 2 is 1.84 bits per heavy atom. The Balaban J connectivity index is 2.12. The van der Waals surface area contributed by atoms with E-state index in [4.69, 9.17) is 4.42 Å². The van der Waals surface area contributed by atoms with Crippen molar-refractivity contribution in [3.05, 3.63) is 54.2 Å². The maximum atomic E-state index is 5.99. The first kappa shape index (κ1) is 10.4. The molecule has 4 rings (SSSR count). The van der Waals surface area contributed by atoms with E-state index in [9.17, 15) is 0 Å². The molecular formula is C16H12N2O. The van der Waals surface area contributed by atoms with Crippen LogP contribution >= 0.6 is 0 Å². The van der Waals surface area contributed by atoms with Gasteiger partial charge < -0.3 is 4.42 Å². The third-order valence-corrected chi connectivity index (χ3v) is 3.39. The van der Waals surface area contributed by atoms with Crippen molar-refractivity contribution >= 4 is 21.9 Å². The number of H-pyrrole nitrogens is 1. The molecule has 0 spiro atoms. The van der Waals surface area contributed by atoms with Gasteiger partial charge in [0.1, 0.15) is 11.2 Å². The highest BCUT2D eigenvalue weighted by atomic mass is 16.3. The molecule has 4 aromatic rings. The Bertz CT molecular complexity index is 886. The van der Waals surface area contributed by atoms with Crippen LogP contribution in [-0.2, 0) is 0 Å². The van der Waals surface area contributed by atoms with Gasteiger partial charge in [-0.15, -0.1) is 0 Å². The number of nitrogens with zero attached hydrogens (tertiary/aromatic N) is 1. The van der Waals surface area contributed by atoms with E-state index >= 15 is 0 Å². The Morgan fingerprint density at radius 1 is 1.00 bits per heavy atom. The van der Waals surface area contributed by atoms with E-state index in [1.54, 1.807) is 0 Å². The predicted molar refractivity (Wildman–Crippen MR) is 76.0 cm³/mol. The number of aryl methyl sites for hydroxylation is 1. The maximum absolute atomic E-state index is 5.99. The number of para-hydroxylation sites is 2. The standard InChI is InChI=1S/C16H12N2O/c1-10-9-14(18-17-10)13-7-4-6-12-11-5-2-3-8-15(11)19-16(12)13/h2-9H,1H3,(H,17,18). The van der Waals surface area contributed by atoms with Gasteiger partial charge in [0.05, 0.1) is 5.69 Å². The van der Waals surface area contributed by atoms with Crippen LogP contribution in [-0.4, -0.2) is 10.2 Å². The molecule has 2 heterocycles. The number of hydrogen-bond acceptors (Lipinski definition) is 2. The lowest BCUT2D eigenvalue weighted by molar-refractivity contribution is 0.670. The van der Waals surface area contributed by atoms with Crippen LogP contribution in [0.5, 0.6) is 0 Å². The highest BCUT2D eigenvalue weighted by Gasteiger charge is 2.12. The molecule has 0 saturated heterocycles. The van der Waals surface area contributed by atoms with E-state index in [-0.39, 0.29) is 0 Å². The Labute approximate surface area is 109 Å². The topological polar surface area (TPSA) is 41.8 Å². The molecule has 19 heavy (non-hydrogen) atoms. The second-order valence-electron chi connectivity index (χ2n) is 4.72. The van der Waals surface area contributed by atoms with Gasteiger partial charge in [-0.05, 0) is 25.1 Å². The summed E-state index contributed by atoms with van der Waals surface area (Å²) in [4.78, 5) is 0. The van der Waals surface area contributed by atoms with Crippen LogP contribution in [0.15, 0.2) is 52.9 Å². The van der Waals surface area contributed by atoms with Gasteiger partial charge in [0.25, 0.3) is 0 Å². The van der Waals surface area contributed by atoms with Gasteiger partial charge in [-0.3, -0.25) is 5.10 Å². The number of furan rings is 1. The first-order valence-electron chi connectivity index (χ1n) is 6.25. The smallest absolute Gasteiger partial charge is 0.144 e. The molecule has 0 amide bonds. The monoisotopic (exact) mass is 248 g/mol. The molecule has 0 saturated carbocycles. The van der Waals surface area contributed by atoms with Crippen LogP contribution < -0.4 is 0 Å². The zero-order valence-electron chi connectivity index (χ0n) is 10.5. The van der Waals surface area contributed by atoms with Crippen LogP contribution in [0.3, 0.4) is 0 Å². The number of hydrogen-bond donors (Lipinski definition) is 1. The average molecular weight is 248 g/mol. The lowest BCUT2D eigenvalue weighted by Crippen LogP contribution is -1.78. The molecule has 0 aliphatic rings. The van der Waals surface area contributed by atoms with E-state index in [0.717, 1.165) is 38.9 Å². The first-order valence-corrected chi connectivity index (χ1v) is 6.25. The molecule has 1 N–H and O–H groups in total. The van der Waals surface area contributed by atoms with Crippen molar-refractivity contribution in [2.75, 3.05) is 0 Å². The van der Waals surface area contributed by atoms with E-state index in [0.29, 0.717) is 0 Å². The van der Waals surface area contributed by atoms with E-state index in [2.05, 4.69) is 22.3 Å². The minimum atomic E-state index is 0.898. The number of aromatic nitrogens is 2. The van der Waals surface area contributed by atoms with Crippen LogP contribution in [0.2, 0.25) is 0 Å². The Kier molecular flexibility index (Phi) is 2.03. The molecule has 0 aliphatic carbocycles. The molecule has 0 radical (unpaired) electrons. The maximum Gasteiger partial charge on any atom is 0.144 e. The quantitative estimate of drug-likeness (QED) is 0.546. The number of fused-ring (bicyclic) bond motifs is 3.